The van der Waals surface area contributed by atoms with Gasteiger partial charge in [0.15, 0.2) is 18.9 Å². The normalized spacial score (nSPS) is 49.1. The third-order valence-corrected chi connectivity index (χ3v) is 17.2. The van der Waals surface area contributed by atoms with Crippen molar-refractivity contribution in [2.24, 2.45) is 23.7 Å². The summed E-state index contributed by atoms with van der Waals surface area (Å²) in [6, 6.07) is 0. The van der Waals surface area contributed by atoms with Crippen LogP contribution in [0.5, 0.6) is 0 Å². The Hall–Kier alpha value is -2.50. The number of fused-ring (bicyclic) bond motifs is 1. The van der Waals surface area contributed by atoms with E-state index >= 15 is 0 Å². The zero-order chi connectivity index (χ0) is 57.0. The van der Waals surface area contributed by atoms with Gasteiger partial charge in [0.05, 0.1) is 73.8 Å². The third-order valence-electron chi connectivity index (χ3n) is 17.2. The maximum Gasteiger partial charge on any atom is 0.330 e. The standard InChI is InChI=1S/C52H82O27/c1-70-33-14-23(6-9-28(33)57)48-34(17-25-31(73-48)15-24(54)16-32(25)74-50-46(68)43(65)41(63)36(77-50)19-71-38(60)10-4-21-2-7-26(55)29(58)12-21)75-52-49(45(67)40(62)35(18-53)76-52)79-51-47(69)44(66)42(64)37(78-51)20-72-39(61)11-5-22-3-8-27(56)30(59)13-22/h4-5,10-11,21-37,40-59,62-69H,2-3,6-9,12-20H2,1H3. The number of hydrogen-bond acceptors (Lipinski definition) is 27. The molecule has 4 aliphatic heterocycles. The number of rotatable bonds is 17. The Kier molecular flexibility index (Phi) is 22.1. The molecule has 4 aliphatic carbocycles. The summed E-state index contributed by atoms with van der Waals surface area (Å²) in [5, 5.41) is 161. The molecule has 0 amide bonds. The molecule has 0 aromatic carbocycles. The first kappa shape index (κ1) is 62.5. The second kappa shape index (κ2) is 27.9. The van der Waals surface area contributed by atoms with Crippen LogP contribution in [0.2, 0.25) is 0 Å². The molecular formula is C52H82O27. The molecule has 0 aromatic rings. The highest BCUT2D eigenvalue weighted by molar-refractivity contribution is 5.82. The van der Waals surface area contributed by atoms with Gasteiger partial charge in [0.2, 0.25) is 0 Å². The Bertz CT molecular complexity index is 2000. The summed E-state index contributed by atoms with van der Waals surface area (Å²) in [6.45, 7) is -2.09. The Morgan fingerprint density at radius 3 is 1.51 bits per heavy atom. The van der Waals surface area contributed by atoms with Crippen LogP contribution in [0, 0.1) is 23.7 Å². The molecule has 15 N–H and O–H groups in total. The Morgan fingerprint density at radius 1 is 0.468 bits per heavy atom. The average Bonchev–Trinajstić information content (AvgIpc) is 3.45. The zero-order valence-corrected chi connectivity index (χ0v) is 43.8. The second-order valence-corrected chi connectivity index (χ2v) is 22.7. The Labute approximate surface area is 455 Å². The third kappa shape index (κ3) is 15.1. The van der Waals surface area contributed by atoms with E-state index in [1.165, 1.54) is 13.2 Å². The summed E-state index contributed by atoms with van der Waals surface area (Å²) in [6.07, 6.45) is -28.1. The lowest BCUT2D eigenvalue weighted by Gasteiger charge is -2.53. The fourth-order valence-corrected chi connectivity index (χ4v) is 12.4. The predicted molar refractivity (Wildman–Crippen MR) is 261 cm³/mol. The van der Waals surface area contributed by atoms with Crippen LogP contribution in [0.4, 0.5) is 0 Å². The van der Waals surface area contributed by atoms with Gasteiger partial charge in [-0.15, -0.1) is 0 Å². The SMILES string of the molecule is COC1CC(C2OC3CC(O)CC(OC4OC(COC(=O)C=CC5CCC(O)C(O)C5)C(O)C(O)C4O)C3CC2OC2OC(CO)C(O)C(O)C2OC2OC(COC(=O)C=CC3CCC(O)C(O)C3)C(O)C(O)C2O)CCC1O. The minimum atomic E-state index is -2.02. The molecule has 30 atom stereocenters. The number of carbonyl (C=O) groups excluding carboxylic acids is 2. The quantitative estimate of drug-likeness (QED) is 0.0477. The first-order chi connectivity index (χ1) is 37.6. The minimum Gasteiger partial charge on any atom is -0.460 e. The Balaban J connectivity index is 0.983. The fraction of sp³-hybridized carbons (Fsp3) is 0.885. The lowest BCUT2D eigenvalue weighted by molar-refractivity contribution is -0.380. The number of allylic oxidation sites excluding steroid dienone is 2. The number of esters is 2. The summed E-state index contributed by atoms with van der Waals surface area (Å²) < 4.78 is 60.1. The van der Waals surface area contributed by atoms with Crippen molar-refractivity contribution >= 4 is 11.9 Å². The van der Waals surface area contributed by atoms with Crippen molar-refractivity contribution in [2.75, 3.05) is 26.9 Å². The molecule has 4 heterocycles. The van der Waals surface area contributed by atoms with Gasteiger partial charge >= 0.3 is 11.9 Å². The molecule has 0 radical (unpaired) electrons. The highest BCUT2D eigenvalue weighted by Crippen LogP contribution is 2.46. The maximum absolute atomic E-state index is 12.8. The van der Waals surface area contributed by atoms with Crippen LogP contribution < -0.4 is 0 Å². The molecule has 27 nitrogen and oxygen atoms in total. The van der Waals surface area contributed by atoms with Gasteiger partial charge in [0.1, 0.15) is 86.5 Å². The van der Waals surface area contributed by atoms with Gasteiger partial charge in [-0.05, 0) is 88.4 Å². The highest BCUT2D eigenvalue weighted by Gasteiger charge is 2.56. The van der Waals surface area contributed by atoms with Gasteiger partial charge in [-0.3, -0.25) is 0 Å². The monoisotopic (exact) mass is 1140 g/mol. The molecule has 0 aromatic heterocycles. The molecular weight excluding hydrogens is 1060 g/mol. The van der Waals surface area contributed by atoms with Crippen LogP contribution >= 0.6 is 0 Å². The van der Waals surface area contributed by atoms with E-state index in [1.54, 1.807) is 6.08 Å². The van der Waals surface area contributed by atoms with E-state index in [-0.39, 0.29) is 50.4 Å². The van der Waals surface area contributed by atoms with Crippen molar-refractivity contribution in [1.29, 1.82) is 0 Å². The van der Waals surface area contributed by atoms with Gasteiger partial charge in [0, 0.05) is 31.6 Å². The molecule has 27 heteroatoms. The summed E-state index contributed by atoms with van der Waals surface area (Å²) in [5.74, 6) is -3.25. The molecule has 4 saturated carbocycles. The number of aliphatic hydroxyl groups excluding tert-OH is 15. The molecule has 4 saturated heterocycles. The van der Waals surface area contributed by atoms with Gasteiger partial charge < -0.3 is 124 Å². The minimum absolute atomic E-state index is 0.00935. The lowest BCUT2D eigenvalue weighted by atomic mass is 9.72. The number of carbonyl (C=O) groups is 2. The first-order valence-electron chi connectivity index (χ1n) is 27.6. The van der Waals surface area contributed by atoms with E-state index in [0.717, 1.165) is 12.2 Å². The number of ether oxygens (including phenoxy) is 10. The highest BCUT2D eigenvalue weighted by atomic mass is 16.8. The van der Waals surface area contributed by atoms with Crippen LogP contribution in [0.1, 0.15) is 77.0 Å². The van der Waals surface area contributed by atoms with Crippen molar-refractivity contribution in [2.45, 2.75) is 236 Å². The second-order valence-electron chi connectivity index (χ2n) is 22.7. The fourth-order valence-electron chi connectivity index (χ4n) is 12.4. The largest absolute Gasteiger partial charge is 0.460 e. The Morgan fingerprint density at radius 2 is 0.975 bits per heavy atom. The van der Waals surface area contributed by atoms with E-state index in [1.807, 2.05) is 0 Å². The van der Waals surface area contributed by atoms with E-state index in [4.69, 9.17) is 47.4 Å². The smallest absolute Gasteiger partial charge is 0.330 e. The summed E-state index contributed by atoms with van der Waals surface area (Å²) in [4.78, 5) is 25.5. The molecule has 30 unspecified atom stereocenters. The van der Waals surface area contributed by atoms with Gasteiger partial charge in [0.25, 0.3) is 0 Å². The average molecular weight is 1140 g/mol. The maximum atomic E-state index is 12.8. The molecule has 8 fully saturated rings. The predicted octanol–water partition coefficient (Wildman–Crippen LogP) is -5.46. The molecule has 452 valence electrons. The van der Waals surface area contributed by atoms with Crippen molar-refractivity contribution in [3.63, 3.8) is 0 Å². The van der Waals surface area contributed by atoms with Gasteiger partial charge in [-0.25, -0.2) is 9.59 Å². The number of hydrogen-bond donors (Lipinski definition) is 15. The van der Waals surface area contributed by atoms with E-state index < -0.39 is 203 Å². The number of methoxy groups -OCH3 is 1. The summed E-state index contributed by atoms with van der Waals surface area (Å²) >= 11 is 0. The van der Waals surface area contributed by atoms with Crippen LogP contribution in [0.3, 0.4) is 0 Å². The van der Waals surface area contributed by atoms with E-state index in [2.05, 4.69) is 0 Å². The molecule has 0 bridgehead atoms. The van der Waals surface area contributed by atoms with Crippen LogP contribution in [-0.2, 0) is 57.0 Å². The van der Waals surface area contributed by atoms with E-state index in [9.17, 15) is 86.2 Å². The van der Waals surface area contributed by atoms with Gasteiger partial charge in [-0.1, -0.05) is 12.2 Å². The first-order valence-corrected chi connectivity index (χ1v) is 27.6. The molecule has 0 spiro atoms. The molecule has 8 rings (SSSR count). The van der Waals surface area contributed by atoms with Crippen molar-refractivity contribution in [1.82, 2.24) is 0 Å². The summed E-state index contributed by atoms with van der Waals surface area (Å²) in [5.41, 5.74) is 0. The molecule has 8 aliphatic rings. The molecule has 79 heavy (non-hydrogen) atoms. The van der Waals surface area contributed by atoms with Crippen LogP contribution in [0.25, 0.3) is 0 Å². The van der Waals surface area contributed by atoms with Crippen molar-refractivity contribution < 1.29 is 134 Å². The lowest BCUT2D eigenvalue weighted by Crippen LogP contribution is -2.66. The van der Waals surface area contributed by atoms with Crippen LogP contribution in [-0.4, -0.2) is 275 Å². The number of aliphatic hydroxyl groups is 15. The van der Waals surface area contributed by atoms with Crippen molar-refractivity contribution in [3.05, 3.63) is 24.3 Å². The van der Waals surface area contributed by atoms with Gasteiger partial charge in [-0.2, -0.15) is 0 Å². The van der Waals surface area contributed by atoms with E-state index in [0.29, 0.717) is 38.5 Å². The van der Waals surface area contributed by atoms with Crippen molar-refractivity contribution in [3.8, 4) is 0 Å². The van der Waals surface area contributed by atoms with Crippen LogP contribution in [0.15, 0.2) is 24.3 Å². The topological polar surface area (TPSA) is 430 Å². The zero-order valence-electron chi connectivity index (χ0n) is 43.8. The summed E-state index contributed by atoms with van der Waals surface area (Å²) in [7, 11) is 1.45.